The fourth-order valence-electron chi connectivity index (χ4n) is 3.02. The number of unbranched alkanes of at least 4 members (excludes halogenated alkanes) is 12. The molecule has 144 valence electrons. The molecule has 0 atom stereocenters. The lowest BCUT2D eigenvalue weighted by Crippen LogP contribution is -2.05. The van der Waals surface area contributed by atoms with E-state index in [1.165, 1.54) is 83.5 Å². The van der Waals surface area contributed by atoms with Gasteiger partial charge < -0.3 is 4.74 Å². The van der Waals surface area contributed by atoms with Crippen LogP contribution in [0.3, 0.4) is 0 Å². The Morgan fingerprint density at radius 2 is 1.21 bits per heavy atom. The number of hydrogen-bond donors (Lipinski definition) is 0. The molecule has 0 saturated heterocycles. The SMILES string of the molecule is CCCCCCCCCCC(=O)OCCCCCCCCC(C)C. The van der Waals surface area contributed by atoms with Gasteiger partial charge in [-0.1, -0.05) is 104 Å². The highest BCUT2D eigenvalue weighted by molar-refractivity contribution is 5.69. The molecule has 0 radical (unpaired) electrons. The molecule has 0 heterocycles. The van der Waals surface area contributed by atoms with Gasteiger partial charge in [0.15, 0.2) is 0 Å². The maximum absolute atomic E-state index is 11.6. The van der Waals surface area contributed by atoms with Crippen molar-refractivity contribution in [3.63, 3.8) is 0 Å². The Bertz CT molecular complexity index is 261. The lowest BCUT2D eigenvalue weighted by molar-refractivity contribution is -0.143. The van der Waals surface area contributed by atoms with E-state index < -0.39 is 0 Å². The highest BCUT2D eigenvalue weighted by Crippen LogP contribution is 2.12. The fourth-order valence-corrected chi connectivity index (χ4v) is 3.02. The van der Waals surface area contributed by atoms with Gasteiger partial charge in [-0.05, 0) is 18.8 Å². The molecule has 0 spiro atoms. The third-order valence-electron chi connectivity index (χ3n) is 4.67. The zero-order valence-electron chi connectivity index (χ0n) is 16.9. The van der Waals surface area contributed by atoms with Gasteiger partial charge in [-0.3, -0.25) is 4.79 Å². The van der Waals surface area contributed by atoms with Crippen molar-refractivity contribution in [2.24, 2.45) is 5.92 Å². The first kappa shape index (κ1) is 23.5. The summed E-state index contributed by atoms with van der Waals surface area (Å²) in [7, 11) is 0. The molecule has 0 aromatic carbocycles. The molecular formula is C22H44O2. The molecule has 0 aromatic rings. The van der Waals surface area contributed by atoms with Crippen LogP contribution in [-0.2, 0) is 9.53 Å². The summed E-state index contributed by atoms with van der Waals surface area (Å²) in [5.74, 6) is 0.850. The second-order valence-electron chi connectivity index (χ2n) is 7.75. The summed E-state index contributed by atoms with van der Waals surface area (Å²) in [4.78, 5) is 11.6. The third kappa shape index (κ3) is 19.5. The smallest absolute Gasteiger partial charge is 0.305 e. The van der Waals surface area contributed by atoms with Gasteiger partial charge in [0.25, 0.3) is 0 Å². The fraction of sp³-hybridized carbons (Fsp3) is 0.955. The maximum atomic E-state index is 11.6. The van der Waals surface area contributed by atoms with E-state index in [1.54, 1.807) is 0 Å². The standard InChI is InChI=1S/C22H44O2/c1-4-5-6-7-8-9-13-16-19-22(23)24-20-17-14-11-10-12-15-18-21(2)3/h21H,4-20H2,1-3H3. The largest absolute Gasteiger partial charge is 0.466 e. The van der Waals surface area contributed by atoms with Gasteiger partial charge in [0.05, 0.1) is 6.61 Å². The molecule has 0 amide bonds. The second kappa shape index (κ2) is 18.8. The van der Waals surface area contributed by atoms with Crippen molar-refractivity contribution < 1.29 is 9.53 Å². The first-order valence-electron chi connectivity index (χ1n) is 10.8. The minimum atomic E-state index is 0.0120. The number of esters is 1. The van der Waals surface area contributed by atoms with Crippen LogP contribution in [0, 0.1) is 5.92 Å². The Hall–Kier alpha value is -0.530. The van der Waals surface area contributed by atoms with Crippen LogP contribution in [0.4, 0.5) is 0 Å². The molecule has 0 aliphatic heterocycles. The van der Waals surface area contributed by atoms with Crippen molar-refractivity contribution in [1.29, 1.82) is 0 Å². The summed E-state index contributed by atoms with van der Waals surface area (Å²) < 4.78 is 5.32. The van der Waals surface area contributed by atoms with E-state index in [2.05, 4.69) is 20.8 Å². The molecule has 0 rings (SSSR count). The van der Waals surface area contributed by atoms with Crippen LogP contribution in [0.15, 0.2) is 0 Å². The van der Waals surface area contributed by atoms with Gasteiger partial charge in [0.1, 0.15) is 0 Å². The predicted octanol–water partition coefficient (Wildman–Crippen LogP) is 7.45. The van der Waals surface area contributed by atoms with Crippen LogP contribution >= 0.6 is 0 Å². The molecule has 24 heavy (non-hydrogen) atoms. The normalized spacial score (nSPS) is 11.2. The zero-order valence-corrected chi connectivity index (χ0v) is 16.9. The molecule has 0 unspecified atom stereocenters. The molecule has 0 N–H and O–H groups in total. The highest BCUT2D eigenvalue weighted by atomic mass is 16.5. The van der Waals surface area contributed by atoms with E-state index in [9.17, 15) is 4.79 Å². The molecule has 0 fully saturated rings. The van der Waals surface area contributed by atoms with Gasteiger partial charge >= 0.3 is 5.97 Å². The predicted molar refractivity (Wildman–Crippen MR) is 105 cm³/mol. The lowest BCUT2D eigenvalue weighted by atomic mass is 10.0. The Morgan fingerprint density at radius 1 is 0.708 bits per heavy atom. The van der Waals surface area contributed by atoms with E-state index in [0.717, 1.165) is 18.8 Å². The number of ether oxygens (including phenoxy) is 1. The van der Waals surface area contributed by atoms with Crippen LogP contribution in [0.2, 0.25) is 0 Å². The number of rotatable bonds is 18. The first-order valence-corrected chi connectivity index (χ1v) is 10.8. The minimum absolute atomic E-state index is 0.0120. The molecule has 2 heteroatoms. The number of hydrogen-bond acceptors (Lipinski definition) is 2. The Balaban J connectivity index is 3.16. The van der Waals surface area contributed by atoms with Crippen LogP contribution in [0.5, 0.6) is 0 Å². The summed E-state index contributed by atoms with van der Waals surface area (Å²) in [5, 5.41) is 0. The first-order chi connectivity index (χ1) is 11.7. The van der Waals surface area contributed by atoms with Crippen LogP contribution in [0.1, 0.15) is 124 Å². The Kier molecular flexibility index (Phi) is 18.4. The quantitative estimate of drug-likeness (QED) is 0.191. The number of carbonyl (C=O) groups is 1. The Labute approximate surface area is 152 Å². The molecule has 0 aliphatic carbocycles. The summed E-state index contributed by atoms with van der Waals surface area (Å²) in [6.45, 7) is 7.46. The molecular weight excluding hydrogens is 296 g/mol. The van der Waals surface area contributed by atoms with Gasteiger partial charge in [0.2, 0.25) is 0 Å². The molecule has 2 nitrogen and oxygen atoms in total. The monoisotopic (exact) mass is 340 g/mol. The van der Waals surface area contributed by atoms with Gasteiger partial charge in [-0.2, -0.15) is 0 Å². The van der Waals surface area contributed by atoms with Crippen molar-refractivity contribution in [2.75, 3.05) is 6.61 Å². The summed E-state index contributed by atoms with van der Waals surface area (Å²) in [5.41, 5.74) is 0. The average Bonchev–Trinajstić information content (AvgIpc) is 2.55. The highest BCUT2D eigenvalue weighted by Gasteiger charge is 2.02. The number of carbonyl (C=O) groups excluding carboxylic acids is 1. The van der Waals surface area contributed by atoms with E-state index in [1.807, 2.05) is 0 Å². The lowest BCUT2D eigenvalue weighted by Gasteiger charge is -2.06. The molecule has 0 aromatic heterocycles. The summed E-state index contributed by atoms with van der Waals surface area (Å²) in [6.07, 6.45) is 19.7. The summed E-state index contributed by atoms with van der Waals surface area (Å²) in [6, 6.07) is 0. The van der Waals surface area contributed by atoms with Crippen LogP contribution in [-0.4, -0.2) is 12.6 Å². The second-order valence-corrected chi connectivity index (χ2v) is 7.75. The van der Waals surface area contributed by atoms with E-state index in [4.69, 9.17) is 4.74 Å². The van der Waals surface area contributed by atoms with Crippen molar-refractivity contribution in [3.05, 3.63) is 0 Å². The third-order valence-corrected chi connectivity index (χ3v) is 4.67. The van der Waals surface area contributed by atoms with Gasteiger partial charge in [-0.25, -0.2) is 0 Å². The van der Waals surface area contributed by atoms with Crippen LogP contribution in [0.25, 0.3) is 0 Å². The maximum Gasteiger partial charge on any atom is 0.305 e. The average molecular weight is 341 g/mol. The van der Waals surface area contributed by atoms with Crippen molar-refractivity contribution in [2.45, 2.75) is 124 Å². The molecule has 0 aliphatic rings. The molecule has 0 saturated carbocycles. The zero-order chi connectivity index (χ0) is 17.9. The van der Waals surface area contributed by atoms with Crippen molar-refractivity contribution in [3.8, 4) is 0 Å². The van der Waals surface area contributed by atoms with E-state index >= 15 is 0 Å². The molecule has 0 bridgehead atoms. The van der Waals surface area contributed by atoms with E-state index in [0.29, 0.717) is 13.0 Å². The van der Waals surface area contributed by atoms with Crippen molar-refractivity contribution in [1.82, 2.24) is 0 Å². The summed E-state index contributed by atoms with van der Waals surface area (Å²) >= 11 is 0. The van der Waals surface area contributed by atoms with E-state index in [-0.39, 0.29) is 5.97 Å². The van der Waals surface area contributed by atoms with Gasteiger partial charge in [0, 0.05) is 6.42 Å². The Morgan fingerprint density at radius 3 is 1.79 bits per heavy atom. The van der Waals surface area contributed by atoms with Crippen LogP contribution < -0.4 is 0 Å². The minimum Gasteiger partial charge on any atom is -0.466 e. The van der Waals surface area contributed by atoms with Gasteiger partial charge in [-0.15, -0.1) is 0 Å². The topological polar surface area (TPSA) is 26.3 Å². The van der Waals surface area contributed by atoms with Crippen molar-refractivity contribution >= 4 is 5.97 Å².